The lowest BCUT2D eigenvalue weighted by Crippen LogP contribution is -2.45. The normalized spacial score (nSPS) is 35.9. The van der Waals surface area contributed by atoms with Crippen molar-refractivity contribution in [3.05, 3.63) is 0 Å². The molecule has 1 atom stereocenters. The Morgan fingerprint density at radius 1 is 1.12 bits per heavy atom. The molecule has 0 spiro atoms. The zero-order valence-corrected chi connectivity index (χ0v) is 9.65. The van der Waals surface area contributed by atoms with E-state index in [1.54, 1.807) is 0 Å². The van der Waals surface area contributed by atoms with Crippen LogP contribution in [0.3, 0.4) is 0 Å². The van der Waals surface area contributed by atoms with Gasteiger partial charge in [-0.3, -0.25) is 4.79 Å². The third-order valence-electron chi connectivity index (χ3n) is 3.71. The minimum atomic E-state index is -0.626. The summed E-state index contributed by atoms with van der Waals surface area (Å²) < 4.78 is 5.43. The maximum atomic E-state index is 10.8. The van der Waals surface area contributed by atoms with Crippen LogP contribution in [-0.2, 0) is 9.53 Å². The Bertz CT molecular complexity index is 230. The Kier molecular flexibility index (Phi) is 4.18. The van der Waals surface area contributed by atoms with Crippen molar-refractivity contribution in [2.24, 2.45) is 5.92 Å². The Balaban J connectivity index is 1.70. The fourth-order valence-electron chi connectivity index (χ4n) is 2.71. The minimum absolute atomic E-state index is 0.111. The van der Waals surface area contributed by atoms with Crippen LogP contribution >= 0.6 is 0 Å². The van der Waals surface area contributed by atoms with Gasteiger partial charge in [-0.25, -0.2) is 0 Å². The second-order valence-corrected chi connectivity index (χ2v) is 4.97. The van der Waals surface area contributed by atoms with E-state index >= 15 is 0 Å². The summed E-state index contributed by atoms with van der Waals surface area (Å²) >= 11 is 0. The van der Waals surface area contributed by atoms with E-state index < -0.39 is 5.97 Å². The van der Waals surface area contributed by atoms with Crippen LogP contribution in [0.4, 0.5) is 0 Å². The number of carboxylic acid groups (broad SMARTS) is 1. The van der Waals surface area contributed by atoms with E-state index in [4.69, 9.17) is 9.84 Å². The molecule has 1 aliphatic heterocycles. The maximum Gasteiger partial charge on any atom is 0.306 e. The number of aliphatic carboxylic acids is 1. The average Bonchev–Trinajstić information content (AvgIpc) is 2.31. The van der Waals surface area contributed by atoms with E-state index in [0.29, 0.717) is 12.1 Å². The third-order valence-corrected chi connectivity index (χ3v) is 3.71. The van der Waals surface area contributed by atoms with Gasteiger partial charge in [0.15, 0.2) is 0 Å². The van der Waals surface area contributed by atoms with Crippen molar-refractivity contribution in [2.45, 2.75) is 50.6 Å². The van der Waals surface area contributed by atoms with Crippen LogP contribution in [0.15, 0.2) is 0 Å². The molecule has 0 radical (unpaired) electrons. The van der Waals surface area contributed by atoms with Crippen LogP contribution in [-0.4, -0.2) is 36.4 Å². The summed E-state index contributed by atoms with van der Waals surface area (Å²) in [4.78, 5) is 10.8. The monoisotopic (exact) mass is 227 g/mol. The molecule has 0 aromatic rings. The molecule has 1 heterocycles. The number of carboxylic acids is 1. The van der Waals surface area contributed by atoms with Gasteiger partial charge in [-0.05, 0) is 38.5 Å². The summed E-state index contributed by atoms with van der Waals surface area (Å²) in [6.45, 7) is 1.71. The number of ether oxygens (including phenoxy) is 1. The van der Waals surface area contributed by atoms with Gasteiger partial charge < -0.3 is 15.2 Å². The van der Waals surface area contributed by atoms with Crippen LogP contribution in [0.25, 0.3) is 0 Å². The van der Waals surface area contributed by atoms with E-state index in [0.717, 1.165) is 45.3 Å². The first-order chi connectivity index (χ1) is 7.75. The Morgan fingerprint density at radius 2 is 1.88 bits per heavy atom. The second-order valence-electron chi connectivity index (χ2n) is 4.97. The molecule has 1 aliphatic carbocycles. The third kappa shape index (κ3) is 3.19. The van der Waals surface area contributed by atoms with Crippen LogP contribution in [0, 0.1) is 5.92 Å². The molecule has 0 amide bonds. The van der Waals surface area contributed by atoms with Gasteiger partial charge in [0.1, 0.15) is 0 Å². The predicted octanol–water partition coefficient (Wildman–Crippen LogP) is 1.40. The van der Waals surface area contributed by atoms with E-state index in [1.807, 2.05) is 0 Å². The summed E-state index contributed by atoms with van der Waals surface area (Å²) in [7, 11) is 0. The smallest absolute Gasteiger partial charge is 0.306 e. The summed E-state index contributed by atoms with van der Waals surface area (Å²) in [6.07, 6.45) is 5.96. The highest BCUT2D eigenvalue weighted by molar-refractivity contribution is 5.70. The number of nitrogens with one attached hydrogen (secondary N) is 1. The summed E-state index contributed by atoms with van der Waals surface area (Å²) in [6, 6.07) is 0.988. The molecule has 2 fully saturated rings. The standard InChI is InChI=1S/C12H21NO3/c14-12(15)9-3-5-10(6-4-9)13-11-2-1-7-16-8-11/h9-11,13H,1-8H2,(H,14,15). The van der Waals surface area contributed by atoms with Crippen LogP contribution < -0.4 is 5.32 Å². The molecule has 92 valence electrons. The van der Waals surface area contributed by atoms with Gasteiger partial charge in [0, 0.05) is 18.7 Å². The van der Waals surface area contributed by atoms with Crippen LogP contribution in [0.5, 0.6) is 0 Å². The molecular formula is C12H21NO3. The average molecular weight is 227 g/mol. The molecule has 16 heavy (non-hydrogen) atoms. The van der Waals surface area contributed by atoms with Gasteiger partial charge in [-0.1, -0.05) is 0 Å². The molecule has 4 heteroatoms. The first-order valence-electron chi connectivity index (χ1n) is 6.32. The van der Waals surface area contributed by atoms with Gasteiger partial charge in [0.25, 0.3) is 0 Å². The predicted molar refractivity (Wildman–Crippen MR) is 60.4 cm³/mol. The molecule has 2 N–H and O–H groups in total. The summed E-state index contributed by atoms with van der Waals surface area (Å²) in [5.41, 5.74) is 0. The number of hydrogen-bond acceptors (Lipinski definition) is 3. The first-order valence-corrected chi connectivity index (χ1v) is 6.32. The van der Waals surface area contributed by atoms with Gasteiger partial charge in [0.2, 0.25) is 0 Å². The van der Waals surface area contributed by atoms with Crippen molar-refractivity contribution in [3.63, 3.8) is 0 Å². The zero-order chi connectivity index (χ0) is 11.4. The Hall–Kier alpha value is -0.610. The SMILES string of the molecule is O=C(O)C1CCC(NC2CCCOC2)CC1. The lowest BCUT2D eigenvalue weighted by atomic mass is 9.85. The molecule has 0 aromatic heterocycles. The van der Waals surface area contributed by atoms with E-state index in [9.17, 15) is 4.79 Å². The van der Waals surface area contributed by atoms with Gasteiger partial charge in [-0.2, -0.15) is 0 Å². The fraction of sp³-hybridized carbons (Fsp3) is 0.917. The van der Waals surface area contributed by atoms with E-state index in [1.165, 1.54) is 6.42 Å². The quantitative estimate of drug-likeness (QED) is 0.765. The molecule has 4 nitrogen and oxygen atoms in total. The molecule has 0 bridgehead atoms. The van der Waals surface area contributed by atoms with Crippen LogP contribution in [0.2, 0.25) is 0 Å². The molecule has 1 unspecified atom stereocenters. The van der Waals surface area contributed by atoms with E-state index in [-0.39, 0.29) is 5.92 Å². The summed E-state index contributed by atoms with van der Waals surface area (Å²) in [5.74, 6) is -0.736. The van der Waals surface area contributed by atoms with Gasteiger partial charge in [-0.15, -0.1) is 0 Å². The molecule has 0 aromatic carbocycles. The van der Waals surface area contributed by atoms with Crippen LogP contribution in [0.1, 0.15) is 38.5 Å². The number of hydrogen-bond donors (Lipinski definition) is 2. The zero-order valence-electron chi connectivity index (χ0n) is 9.65. The first kappa shape index (κ1) is 11.9. The van der Waals surface area contributed by atoms with Gasteiger partial charge >= 0.3 is 5.97 Å². The second kappa shape index (κ2) is 5.64. The summed E-state index contributed by atoms with van der Waals surface area (Å²) in [5, 5.41) is 12.5. The van der Waals surface area contributed by atoms with Crippen molar-refractivity contribution in [1.29, 1.82) is 0 Å². The lowest BCUT2D eigenvalue weighted by Gasteiger charge is -2.32. The van der Waals surface area contributed by atoms with Crippen molar-refractivity contribution in [3.8, 4) is 0 Å². The minimum Gasteiger partial charge on any atom is -0.481 e. The topological polar surface area (TPSA) is 58.6 Å². The van der Waals surface area contributed by atoms with Crippen molar-refractivity contribution in [2.75, 3.05) is 13.2 Å². The highest BCUT2D eigenvalue weighted by Crippen LogP contribution is 2.25. The molecule has 1 saturated carbocycles. The molecule has 2 aliphatic rings. The number of carbonyl (C=O) groups is 1. The highest BCUT2D eigenvalue weighted by atomic mass is 16.5. The van der Waals surface area contributed by atoms with Crippen molar-refractivity contribution < 1.29 is 14.6 Å². The molecular weight excluding hydrogens is 206 g/mol. The van der Waals surface area contributed by atoms with Crippen molar-refractivity contribution in [1.82, 2.24) is 5.32 Å². The maximum absolute atomic E-state index is 10.8. The van der Waals surface area contributed by atoms with Crippen molar-refractivity contribution >= 4 is 5.97 Å². The van der Waals surface area contributed by atoms with E-state index in [2.05, 4.69) is 5.32 Å². The Morgan fingerprint density at radius 3 is 2.44 bits per heavy atom. The molecule has 1 saturated heterocycles. The van der Waals surface area contributed by atoms with Gasteiger partial charge in [0.05, 0.1) is 12.5 Å². The Labute approximate surface area is 96.4 Å². The largest absolute Gasteiger partial charge is 0.481 e. The fourth-order valence-corrected chi connectivity index (χ4v) is 2.71. The molecule has 2 rings (SSSR count). The lowest BCUT2D eigenvalue weighted by molar-refractivity contribution is -0.142. The number of rotatable bonds is 3. The highest BCUT2D eigenvalue weighted by Gasteiger charge is 2.27.